The first kappa shape index (κ1) is 18.6. The van der Waals surface area contributed by atoms with Crippen LogP contribution in [0.3, 0.4) is 0 Å². The van der Waals surface area contributed by atoms with Crippen molar-refractivity contribution in [1.82, 2.24) is 4.98 Å². The van der Waals surface area contributed by atoms with Gasteiger partial charge in [0, 0.05) is 32.3 Å². The minimum absolute atomic E-state index is 0.0699. The summed E-state index contributed by atoms with van der Waals surface area (Å²) in [5.41, 5.74) is 3.17. The third kappa shape index (κ3) is 3.43. The van der Waals surface area contributed by atoms with Crippen LogP contribution in [0.5, 0.6) is 0 Å². The lowest BCUT2D eigenvalue weighted by Gasteiger charge is -2.35. The average molecular weight is 368 g/mol. The molecule has 1 aliphatic heterocycles. The van der Waals surface area contributed by atoms with Crippen molar-refractivity contribution in [3.63, 3.8) is 0 Å². The molecule has 0 radical (unpaired) electrons. The Hall–Kier alpha value is -3.14. The standard InChI is InChI=1S/C20H21FN4O2/c1-12-15(13(2)23-20(27)16(12)11-22)5-7-19(26)25-9-8-24(3)18-10-14(21)4-6-17(18)25/h4,6,10H,5,7-9H2,1-3H3,(H,23,27). The fraction of sp³-hybridized carbons (Fsp3) is 0.350. The SMILES string of the molecule is Cc1[nH]c(=O)c(C#N)c(C)c1CCC(=O)N1CCN(C)c2cc(F)ccc21. The summed E-state index contributed by atoms with van der Waals surface area (Å²) in [7, 11) is 1.87. The van der Waals surface area contributed by atoms with Crippen LogP contribution in [0.1, 0.15) is 28.8 Å². The molecule has 0 bridgehead atoms. The Morgan fingerprint density at radius 2 is 2.04 bits per heavy atom. The fourth-order valence-corrected chi connectivity index (χ4v) is 3.57. The smallest absolute Gasteiger partial charge is 0.266 e. The molecule has 27 heavy (non-hydrogen) atoms. The number of aryl methyl sites for hydroxylation is 1. The second kappa shape index (κ2) is 7.23. The van der Waals surface area contributed by atoms with Crippen molar-refractivity contribution in [2.45, 2.75) is 26.7 Å². The van der Waals surface area contributed by atoms with Crippen molar-refractivity contribution in [3.8, 4) is 6.07 Å². The number of aromatic nitrogens is 1. The number of hydrogen-bond donors (Lipinski definition) is 1. The molecular weight excluding hydrogens is 347 g/mol. The number of pyridine rings is 1. The molecule has 0 aliphatic carbocycles. The molecule has 1 aromatic heterocycles. The number of halogens is 1. The zero-order valence-electron chi connectivity index (χ0n) is 15.6. The van der Waals surface area contributed by atoms with Crippen LogP contribution in [0.2, 0.25) is 0 Å². The van der Waals surface area contributed by atoms with Gasteiger partial charge in [-0.25, -0.2) is 4.39 Å². The highest BCUT2D eigenvalue weighted by Gasteiger charge is 2.25. The maximum atomic E-state index is 13.6. The summed E-state index contributed by atoms with van der Waals surface area (Å²) in [6.07, 6.45) is 0.657. The van der Waals surface area contributed by atoms with E-state index in [1.807, 2.05) is 18.0 Å². The van der Waals surface area contributed by atoms with Crippen LogP contribution in [0.4, 0.5) is 15.8 Å². The highest BCUT2D eigenvalue weighted by Crippen LogP contribution is 2.33. The molecule has 3 rings (SSSR count). The van der Waals surface area contributed by atoms with Gasteiger partial charge in [-0.15, -0.1) is 0 Å². The monoisotopic (exact) mass is 368 g/mol. The lowest BCUT2D eigenvalue weighted by Crippen LogP contribution is -2.42. The number of anilines is 2. The lowest BCUT2D eigenvalue weighted by atomic mass is 9.98. The zero-order valence-corrected chi connectivity index (χ0v) is 15.6. The molecule has 0 unspecified atom stereocenters. The third-order valence-corrected chi connectivity index (χ3v) is 5.11. The second-order valence-corrected chi connectivity index (χ2v) is 6.77. The predicted molar refractivity (Wildman–Crippen MR) is 102 cm³/mol. The van der Waals surface area contributed by atoms with Crippen molar-refractivity contribution in [2.75, 3.05) is 29.9 Å². The maximum Gasteiger partial charge on any atom is 0.266 e. The van der Waals surface area contributed by atoms with E-state index < -0.39 is 5.56 Å². The van der Waals surface area contributed by atoms with E-state index in [0.29, 0.717) is 42.1 Å². The molecule has 6 nitrogen and oxygen atoms in total. The van der Waals surface area contributed by atoms with E-state index in [0.717, 1.165) is 5.56 Å². The number of benzene rings is 1. The van der Waals surface area contributed by atoms with E-state index in [4.69, 9.17) is 0 Å². The van der Waals surface area contributed by atoms with Gasteiger partial charge >= 0.3 is 0 Å². The van der Waals surface area contributed by atoms with Gasteiger partial charge in [0.05, 0.1) is 11.4 Å². The van der Waals surface area contributed by atoms with Crippen molar-refractivity contribution in [1.29, 1.82) is 5.26 Å². The van der Waals surface area contributed by atoms with Gasteiger partial charge in [-0.3, -0.25) is 9.59 Å². The number of nitrogens with one attached hydrogen (secondary N) is 1. The number of aromatic amines is 1. The van der Waals surface area contributed by atoms with Gasteiger partial charge < -0.3 is 14.8 Å². The molecule has 1 aliphatic rings. The molecule has 1 amide bonds. The first-order chi connectivity index (χ1) is 12.8. The van der Waals surface area contributed by atoms with Crippen molar-refractivity contribution in [3.05, 3.63) is 56.8 Å². The number of amides is 1. The van der Waals surface area contributed by atoms with Crippen LogP contribution in [0.15, 0.2) is 23.0 Å². The molecule has 2 heterocycles. The van der Waals surface area contributed by atoms with E-state index in [9.17, 15) is 19.2 Å². The van der Waals surface area contributed by atoms with E-state index in [2.05, 4.69) is 4.98 Å². The molecule has 140 valence electrons. The summed E-state index contributed by atoms with van der Waals surface area (Å²) in [4.78, 5) is 31.0. The van der Waals surface area contributed by atoms with Gasteiger partial charge in [-0.1, -0.05) is 0 Å². The van der Waals surface area contributed by atoms with Crippen molar-refractivity contribution >= 4 is 17.3 Å². The number of carbonyl (C=O) groups is 1. The van der Waals surface area contributed by atoms with Crippen molar-refractivity contribution < 1.29 is 9.18 Å². The molecule has 1 N–H and O–H groups in total. The van der Waals surface area contributed by atoms with Gasteiger partial charge in [0.15, 0.2) is 0 Å². The van der Waals surface area contributed by atoms with Crippen molar-refractivity contribution in [2.24, 2.45) is 0 Å². The maximum absolute atomic E-state index is 13.6. The normalized spacial score (nSPS) is 13.3. The highest BCUT2D eigenvalue weighted by atomic mass is 19.1. The number of fused-ring (bicyclic) bond motifs is 1. The summed E-state index contributed by atoms with van der Waals surface area (Å²) in [5, 5.41) is 9.17. The number of H-pyrrole nitrogens is 1. The highest BCUT2D eigenvalue weighted by molar-refractivity contribution is 5.98. The number of likely N-dealkylation sites (N-methyl/N-ethyl adjacent to an activating group) is 1. The van der Waals surface area contributed by atoms with E-state index in [-0.39, 0.29) is 23.7 Å². The van der Waals surface area contributed by atoms with Crippen LogP contribution in [0, 0.1) is 31.0 Å². The largest absolute Gasteiger partial charge is 0.371 e. The number of nitrogens with zero attached hydrogens (tertiary/aromatic N) is 3. The fourth-order valence-electron chi connectivity index (χ4n) is 3.57. The Morgan fingerprint density at radius 1 is 1.30 bits per heavy atom. The number of nitriles is 1. The van der Waals surface area contributed by atoms with Gasteiger partial charge in [0.25, 0.3) is 5.56 Å². The number of hydrogen-bond acceptors (Lipinski definition) is 4. The van der Waals surface area contributed by atoms with Gasteiger partial charge in [-0.05, 0) is 49.6 Å². The number of rotatable bonds is 3. The quantitative estimate of drug-likeness (QED) is 0.902. The Kier molecular flexibility index (Phi) is 5.00. The van der Waals surface area contributed by atoms with Gasteiger partial charge in [0.1, 0.15) is 17.4 Å². The van der Waals surface area contributed by atoms with E-state index in [1.54, 1.807) is 24.8 Å². The first-order valence-corrected chi connectivity index (χ1v) is 8.77. The third-order valence-electron chi connectivity index (χ3n) is 5.11. The minimum atomic E-state index is -0.405. The molecule has 0 saturated carbocycles. The van der Waals surface area contributed by atoms with Crippen LogP contribution < -0.4 is 15.4 Å². The summed E-state index contributed by atoms with van der Waals surface area (Å²) >= 11 is 0. The lowest BCUT2D eigenvalue weighted by molar-refractivity contribution is -0.118. The summed E-state index contributed by atoms with van der Waals surface area (Å²) in [5.74, 6) is -0.405. The number of carbonyl (C=O) groups excluding carboxylic acids is 1. The van der Waals surface area contributed by atoms with Crippen LogP contribution in [-0.4, -0.2) is 31.0 Å². The molecule has 7 heteroatoms. The molecule has 1 aromatic carbocycles. The van der Waals surface area contributed by atoms with Crippen LogP contribution in [-0.2, 0) is 11.2 Å². The molecular formula is C20H21FN4O2. The Labute approximate surface area is 156 Å². The minimum Gasteiger partial charge on any atom is -0.371 e. The van der Waals surface area contributed by atoms with Crippen LogP contribution >= 0.6 is 0 Å². The summed E-state index contributed by atoms with van der Waals surface area (Å²) < 4.78 is 13.6. The van der Waals surface area contributed by atoms with Gasteiger partial charge in [0.2, 0.25) is 5.91 Å². The molecule has 0 fully saturated rings. The zero-order chi connectivity index (χ0) is 19.7. The van der Waals surface area contributed by atoms with Gasteiger partial charge in [-0.2, -0.15) is 5.26 Å². The van der Waals surface area contributed by atoms with E-state index >= 15 is 0 Å². The molecule has 0 saturated heterocycles. The Morgan fingerprint density at radius 3 is 2.74 bits per heavy atom. The average Bonchev–Trinajstić information content (AvgIpc) is 2.62. The summed E-state index contributed by atoms with van der Waals surface area (Å²) in [6.45, 7) is 4.65. The predicted octanol–water partition coefficient (Wildman–Crippen LogP) is 2.42. The first-order valence-electron chi connectivity index (χ1n) is 8.77. The molecule has 2 aromatic rings. The second-order valence-electron chi connectivity index (χ2n) is 6.77. The Bertz CT molecular complexity index is 1010. The Balaban J connectivity index is 1.83. The van der Waals surface area contributed by atoms with E-state index in [1.165, 1.54) is 12.1 Å². The summed E-state index contributed by atoms with van der Waals surface area (Å²) in [6, 6.07) is 6.34. The topological polar surface area (TPSA) is 80.2 Å². The van der Waals surface area contributed by atoms with Crippen LogP contribution in [0.25, 0.3) is 0 Å². The molecule has 0 atom stereocenters. The molecule has 0 spiro atoms.